The molecule has 0 saturated heterocycles. The Morgan fingerprint density at radius 3 is 2.74 bits per heavy atom. The van der Waals surface area contributed by atoms with Gasteiger partial charge in [0, 0.05) is 24.8 Å². The van der Waals surface area contributed by atoms with Crippen LogP contribution in [0.3, 0.4) is 0 Å². The Labute approximate surface area is 111 Å². The molecule has 7 heteroatoms. The molecule has 2 unspecified atom stereocenters. The molecule has 1 aromatic heterocycles. The van der Waals surface area contributed by atoms with E-state index in [2.05, 4.69) is 10.4 Å². The maximum atomic E-state index is 12.0. The Hall–Kier alpha value is -1.89. The van der Waals surface area contributed by atoms with E-state index < -0.39 is 18.1 Å². The molecule has 1 rings (SSSR count). The van der Waals surface area contributed by atoms with Crippen molar-refractivity contribution in [2.24, 2.45) is 12.8 Å². The average Bonchev–Trinajstić information content (AvgIpc) is 2.74. The molecule has 19 heavy (non-hydrogen) atoms. The number of aromatic nitrogens is 2. The Kier molecular flexibility index (Phi) is 5.50. The number of aryl methyl sites for hydroxylation is 1. The highest BCUT2D eigenvalue weighted by Gasteiger charge is 2.21. The number of hydrogen-bond donors (Lipinski definition) is 3. The second kappa shape index (κ2) is 6.89. The third-order valence-electron chi connectivity index (χ3n) is 2.77. The van der Waals surface area contributed by atoms with Gasteiger partial charge in [0.05, 0.1) is 12.6 Å². The first-order chi connectivity index (χ1) is 8.93. The zero-order valence-corrected chi connectivity index (χ0v) is 11.2. The van der Waals surface area contributed by atoms with Crippen molar-refractivity contribution in [3.8, 4) is 0 Å². The van der Waals surface area contributed by atoms with Gasteiger partial charge in [0.1, 0.15) is 6.04 Å². The molecule has 0 aliphatic heterocycles. The smallest absolute Gasteiger partial charge is 0.305 e. The lowest BCUT2D eigenvalue weighted by Crippen LogP contribution is -2.41. The monoisotopic (exact) mass is 268 g/mol. The standard InChI is InChI=1S/C12H20N4O3/c1-3-4-9(5-10(17)18)15-12(19)11(13)8-6-14-16(2)7-8/h6-7,9,11H,3-5,13H2,1-2H3,(H,15,19)(H,17,18). The molecule has 0 spiro atoms. The number of nitrogens with two attached hydrogens (primary N) is 1. The fourth-order valence-corrected chi connectivity index (χ4v) is 1.83. The summed E-state index contributed by atoms with van der Waals surface area (Å²) in [6.45, 7) is 1.93. The van der Waals surface area contributed by atoms with Crippen LogP contribution in [0.2, 0.25) is 0 Å². The Bertz CT molecular complexity index is 444. The molecular formula is C12H20N4O3. The van der Waals surface area contributed by atoms with Crippen molar-refractivity contribution in [1.29, 1.82) is 0 Å². The van der Waals surface area contributed by atoms with Crippen LogP contribution >= 0.6 is 0 Å². The number of carboxylic acids is 1. The molecule has 1 heterocycles. The number of rotatable bonds is 7. The Morgan fingerprint density at radius 1 is 1.58 bits per heavy atom. The predicted molar refractivity (Wildman–Crippen MR) is 69.2 cm³/mol. The number of amides is 1. The highest BCUT2D eigenvalue weighted by molar-refractivity contribution is 5.83. The molecule has 7 nitrogen and oxygen atoms in total. The van der Waals surface area contributed by atoms with Gasteiger partial charge in [-0.2, -0.15) is 5.10 Å². The SMILES string of the molecule is CCCC(CC(=O)O)NC(=O)C(N)c1cnn(C)c1. The molecule has 0 bridgehead atoms. The number of carboxylic acid groups (broad SMARTS) is 1. The second-order valence-electron chi connectivity index (χ2n) is 4.52. The van der Waals surface area contributed by atoms with E-state index in [-0.39, 0.29) is 12.3 Å². The molecule has 2 atom stereocenters. The molecule has 0 aromatic carbocycles. The highest BCUT2D eigenvalue weighted by Crippen LogP contribution is 2.10. The minimum Gasteiger partial charge on any atom is -0.481 e. The Balaban J connectivity index is 2.62. The molecule has 1 amide bonds. The van der Waals surface area contributed by atoms with Crippen LogP contribution in [-0.4, -0.2) is 32.8 Å². The summed E-state index contributed by atoms with van der Waals surface area (Å²) in [7, 11) is 1.73. The lowest BCUT2D eigenvalue weighted by atomic mass is 10.1. The summed E-state index contributed by atoms with van der Waals surface area (Å²) in [4.78, 5) is 22.7. The van der Waals surface area contributed by atoms with Crippen LogP contribution in [0.15, 0.2) is 12.4 Å². The van der Waals surface area contributed by atoms with Gasteiger partial charge in [0.2, 0.25) is 5.91 Å². The first kappa shape index (κ1) is 15.2. The van der Waals surface area contributed by atoms with Crippen LogP contribution in [0, 0.1) is 0 Å². The number of carbonyl (C=O) groups is 2. The van der Waals surface area contributed by atoms with Gasteiger partial charge < -0.3 is 16.2 Å². The second-order valence-corrected chi connectivity index (χ2v) is 4.52. The molecule has 1 aromatic rings. The molecule has 106 valence electrons. The first-order valence-corrected chi connectivity index (χ1v) is 6.20. The highest BCUT2D eigenvalue weighted by atomic mass is 16.4. The van der Waals surface area contributed by atoms with Gasteiger partial charge in [-0.05, 0) is 6.42 Å². The average molecular weight is 268 g/mol. The van der Waals surface area contributed by atoms with Crippen molar-refractivity contribution in [3.05, 3.63) is 18.0 Å². The van der Waals surface area contributed by atoms with Gasteiger partial charge in [-0.1, -0.05) is 13.3 Å². The zero-order chi connectivity index (χ0) is 14.4. The third-order valence-corrected chi connectivity index (χ3v) is 2.77. The summed E-state index contributed by atoms with van der Waals surface area (Å²) in [5, 5.41) is 15.4. The van der Waals surface area contributed by atoms with E-state index in [1.807, 2.05) is 6.92 Å². The zero-order valence-electron chi connectivity index (χ0n) is 11.2. The minimum absolute atomic E-state index is 0.0979. The van der Waals surface area contributed by atoms with Crippen LogP contribution in [-0.2, 0) is 16.6 Å². The quantitative estimate of drug-likeness (QED) is 0.653. The fourth-order valence-electron chi connectivity index (χ4n) is 1.83. The summed E-state index contributed by atoms with van der Waals surface area (Å²) in [6, 6.07) is -1.22. The summed E-state index contributed by atoms with van der Waals surface area (Å²) < 4.78 is 1.56. The summed E-state index contributed by atoms with van der Waals surface area (Å²) in [5.74, 6) is -1.32. The van der Waals surface area contributed by atoms with E-state index in [0.29, 0.717) is 12.0 Å². The topological polar surface area (TPSA) is 110 Å². The van der Waals surface area contributed by atoms with E-state index in [0.717, 1.165) is 6.42 Å². The molecule has 0 fully saturated rings. The van der Waals surface area contributed by atoms with Crippen molar-refractivity contribution < 1.29 is 14.7 Å². The van der Waals surface area contributed by atoms with Gasteiger partial charge in [-0.3, -0.25) is 14.3 Å². The lowest BCUT2D eigenvalue weighted by Gasteiger charge is -2.18. The maximum absolute atomic E-state index is 12.0. The van der Waals surface area contributed by atoms with Crippen molar-refractivity contribution in [2.75, 3.05) is 0 Å². The van der Waals surface area contributed by atoms with Crippen LogP contribution < -0.4 is 11.1 Å². The molecular weight excluding hydrogens is 248 g/mol. The van der Waals surface area contributed by atoms with Gasteiger partial charge in [0.25, 0.3) is 0 Å². The Morgan fingerprint density at radius 2 is 2.26 bits per heavy atom. The van der Waals surface area contributed by atoms with Crippen molar-refractivity contribution in [1.82, 2.24) is 15.1 Å². The normalized spacial score (nSPS) is 13.8. The molecule has 4 N–H and O–H groups in total. The number of hydrogen-bond acceptors (Lipinski definition) is 4. The van der Waals surface area contributed by atoms with Gasteiger partial charge in [0.15, 0.2) is 0 Å². The van der Waals surface area contributed by atoms with Crippen LogP contribution in [0.5, 0.6) is 0 Å². The molecule has 0 saturated carbocycles. The van der Waals surface area contributed by atoms with Crippen molar-refractivity contribution in [3.63, 3.8) is 0 Å². The van der Waals surface area contributed by atoms with Crippen molar-refractivity contribution >= 4 is 11.9 Å². The molecule has 0 aliphatic carbocycles. The van der Waals surface area contributed by atoms with E-state index >= 15 is 0 Å². The van der Waals surface area contributed by atoms with Gasteiger partial charge in [-0.15, -0.1) is 0 Å². The third kappa shape index (κ3) is 4.70. The van der Waals surface area contributed by atoms with Crippen LogP contribution in [0.25, 0.3) is 0 Å². The van der Waals surface area contributed by atoms with Crippen LogP contribution in [0.1, 0.15) is 37.8 Å². The van der Waals surface area contributed by atoms with E-state index in [4.69, 9.17) is 10.8 Å². The van der Waals surface area contributed by atoms with Gasteiger partial charge in [-0.25, -0.2) is 0 Å². The number of aliphatic carboxylic acids is 1. The predicted octanol–water partition coefficient (Wildman–Crippen LogP) is 0.180. The van der Waals surface area contributed by atoms with E-state index in [1.54, 1.807) is 17.9 Å². The molecule has 0 radical (unpaired) electrons. The number of carbonyl (C=O) groups excluding carboxylic acids is 1. The van der Waals surface area contributed by atoms with E-state index in [9.17, 15) is 9.59 Å². The van der Waals surface area contributed by atoms with E-state index in [1.165, 1.54) is 6.20 Å². The summed E-state index contributed by atoms with van der Waals surface area (Å²) in [5.41, 5.74) is 6.42. The maximum Gasteiger partial charge on any atom is 0.305 e. The van der Waals surface area contributed by atoms with Crippen molar-refractivity contribution in [2.45, 2.75) is 38.3 Å². The fraction of sp³-hybridized carbons (Fsp3) is 0.583. The van der Waals surface area contributed by atoms with Gasteiger partial charge >= 0.3 is 5.97 Å². The lowest BCUT2D eigenvalue weighted by molar-refractivity contribution is -0.137. The number of nitrogens with one attached hydrogen (secondary N) is 1. The molecule has 0 aliphatic rings. The summed E-state index contributed by atoms with van der Waals surface area (Å²) >= 11 is 0. The van der Waals surface area contributed by atoms with Crippen LogP contribution in [0.4, 0.5) is 0 Å². The summed E-state index contributed by atoms with van der Waals surface area (Å²) in [6.07, 6.45) is 4.49. The minimum atomic E-state index is -0.936. The number of nitrogens with zero attached hydrogens (tertiary/aromatic N) is 2. The first-order valence-electron chi connectivity index (χ1n) is 6.20. The largest absolute Gasteiger partial charge is 0.481 e.